The predicted molar refractivity (Wildman–Crippen MR) is 62.2 cm³/mol. The molecule has 82 valence electrons. The minimum atomic E-state index is -0.0644. The number of rotatable bonds is 2. The third kappa shape index (κ3) is 2.26. The molecule has 0 spiro atoms. The third-order valence-corrected chi connectivity index (χ3v) is 3.45. The molecular formula is C11H14BrNO2. The van der Waals surface area contributed by atoms with Crippen LogP contribution >= 0.6 is 15.9 Å². The highest BCUT2D eigenvalue weighted by Crippen LogP contribution is 2.36. The van der Waals surface area contributed by atoms with Gasteiger partial charge in [0.2, 0.25) is 0 Å². The van der Waals surface area contributed by atoms with Crippen LogP contribution in [0.25, 0.3) is 0 Å². The van der Waals surface area contributed by atoms with E-state index in [0.717, 1.165) is 24.9 Å². The SMILES string of the molecule is Oc1c(Br)ccc(CC2CCCN2)c1O. The molecule has 1 aromatic carbocycles. The Kier molecular flexibility index (Phi) is 3.17. The number of benzene rings is 1. The van der Waals surface area contributed by atoms with E-state index in [1.165, 1.54) is 6.42 Å². The average Bonchev–Trinajstić information content (AvgIpc) is 2.72. The van der Waals surface area contributed by atoms with Gasteiger partial charge in [0.15, 0.2) is 11.5 Å². The summed E-state index contributed by atoms with van der Waals surface area (Å²) in [5.74, 6) is -0.0661. The lowest BCUT2D eigenvalue weighted by Gasteiger charge is -2.12. The summed E-state index contributed by atoms with van der Waals surface area (Å²) in [5.41, 5.74) is 0.801. The molecule has 3 nitrogen and oxygen atoms in total. The maximum Gasteiger partial charge on any atom is 0.172 e. The minimum Gasteiger partial charge on any atom is -0.504 e. The first kappa shape index (κ1) is 10.8. The van der Waals surface area contributed by atoms with Gasteiger partial charge < -0.3 is 15.5 Å². The van der Waals surface area contributed by atoms with Crippen molar-refractivity contribution in [1.82, 2.24) is 5.32 Å². The van der Waals surface area contributed by atoms with E-state index in [1.807, 2.05) is 6.07 Å². The Bertz CT molecular complexity index is 362. The smallest absolute Gasteiger partial charge is 0.172 e. The zero-order chi connectivity index (χ0) is 10.8. The van der Waals surface area contributed by atoms with Gasteiger partial charge in [0.25, 0.3) is 0 Å². The van der Waals surface area contributed by atoms with E-state index in [0.29, 0.717) is 10.5 Å². The number of phenols is 2. The summed E-state index contributed by atoms with van der Waals surface area (Å²) in [4.78, 5) is 0. The lowest BCUT2D eigenvalue weighted by atomic mass is 10.0. The normalized spacial score (nSPS) is 20.7. The molecule has 1 aliphatic rings. The van der Waals surface area contributed by atoms with Crippen LogP contribution in [0.3, 0.4) is 0 Å². The standard InChI is InChI=1S/C11H14BrNO2/c12-9-4-3-7(10(14)11(9)15)6-8-2-1-5-13-8/h3-4,8,13-15H,1-2,5-6H2. The van der Waals surface area contributed by atoms with Gasteiger partial charge in [-0.3, -0.25) is 0 Å². The zero-order valence-electron chi connectivity index (χ0n) is 8.33. The maximum absolute atomic E-state index is 9.73. The lowest BCUT2D eigenvalue weighted by molar-refractivity contribution is 0.395. The number of halogens is 1. The summed E-state index contributed by atoms with van der Waals surface area (Å²) in [5, 5.41) is 22.6. The fraction of sp³-hybridized carbons (Fsp3) is 0.455. The number of aromatic hydroxyl groups is 2. The molecule has 0 aliphatic carbocycles. The molecule has 0 radical (unpaired) electrons. The van der Waals surface area contributed by atoms with Crippen LogP contribution in [0, 0.1) is 0 Å². The van der Waals surface area contributed by atoms with Crippen molar-refractivity contribution in [2.75, 3.05) is 6.54 Å². The van der Waals surface area contributed by atoms with Gasteiger partial charge in [0.05, 0.1) is 4.47 Å². The van der Waals surface area contributed by atoms with Gasteiger partial charge in [-0.1, -0.05) is 6.07 Å². The van der Waals surface area contributed by atoms with E-state index in [4.69, 9.17) is 0 Å². The highest BCUT2D eigenvalue weighted by Gasteiger charge is 2.18. The number of nitrogens with one attached hydrogen (secondary N) is 1. The van der Waals surface area contributed by atoms with E-state index in [9.17, 15) is 10.2 Å². The van der Waals surface area contributed by atoms with E-state index < -0.39 is 0 Å². The number of hydrogen-bond acceptors (Lipinski definition) is 3. The van der Waals surface area contributed by atoms with Crippen molar-refractivity contribution in [2.45, 2.75) is 25.3 Å². The van der Waals surface area contributed by atoms with Crippen LogP contribution in [0.1, 0.15) is 18.4 Å². The van der Waals surface area contributed by atoms with Crippen LogP contribution in [-0.4, -0.2) is 22.8 Å². The topological polar surface area (TPSA) is 52.5 Å². The van der Waals surface area contributed by atoms with Gasteiger partial charge >= 0.3 is 0 Å². The van der Waals surface area contributed by atoms with E-state index in [1.54, 1.807) is 6.07 Å². The monoisotopic (exact) mass is 271 g/mol. The zero-order valence-corrected chi connectivity index (χ0v) is 9.92. The molecular weight excluding hydrogens is 258 g/mol. The van der Waals surface area contributed by atoms with Crippen LogP contribution in [0.5, 0.6) is 11.5 Å². The molecule has 1 heterocycles. The molecule has 1 fully saturated rings. The summed E-state index contributed by atoms with van der Waals surface area (Å²) in [6.07, 6.45) is 3.09. The van der Waals surface area contributed by atoms with Crippen LogP contribution < -0.4 is 5.32 Å². The van der Waals surface area contributed by atoms with Gasteiger partial charge in [-0.15, -0.1) is 0 Å². The molecule has 2 rings (SSSR count). The molecule has 1 unspecified atom stereocenters. The Balaban J connectivity index is 2.17. The largest absolute Gasteiger partial charge is 0.504 e. The van der Waals surface area contributed by atoms with Crippen LogP contribution in [0.2, 0.25) is 0 Å². The fourth-order valence-corrected chi connectivity index (χ4v) is 2.28. The fourth-order valence-electron chi connectivity index (χ4n) is 1.96. The highest BCUT2D eigenvalue weighted by atomic mass is 79.9. The van der Waals surface area contributed by atoms with Crippen molar-refractivity contribution in [3.63, 3.8) is 0 Å². The molecule has 0 amide bonds. The van der Waals surface area contributed by atoms with Gasteiger partial charge in [0, 0.05) is 6.04 Å². The first-order valence-corrected chi connectivity index (χ1v) is 5.90. The van der Waals surface area contributed by atoms with Crippen LogP contribution in [-0.2, 0) is 6.42 Å². The maximum atomic E-state index is 9.73. The van der Waals surface area contributed by atoms with E-state index in [2.05, 4.69) is 21.2 Å². The van der Waals surface area contributed by atoms with E-state index >= 15 is 0 Å². The third-order valence-electron chi connectivity index (χ3n) is 2.81. The van der Waals surface area contributed by atoms with Crippen molar-refractivity contribution in [1.29, 1.82) is 0 Å². The molecule has 3 N–H and O–H groups in total. The summed E-state index contributed by atoms with van der Waals surface area (Å²) >= 11 is 3.17. The molecule has 1 saturated heterocycles. The summed E-state index contributed by atoms with van der Waals surface area (Å²) in [6, 6.07) is 4.04. The molecule has 15 heavy (non-hydrogen) atoms. The molecule has 1 aromatic rings. The summed E-state index contributed by atoms with van der Waals surface area (Å²) < 4.78 is 0.531. The van der Waals surface area contributed by atoms with Gasteiger partial charge in [-0.05, 0) is 53.4 Å². The first-order valence-electron chi connectivity index (χ1n) is 5.11. The molecule has 0 bridgehead atoms. The Morgan fingerprint density at radius 3 is 2.80 bits per heavy atom. The molecule has 1 atom stereocenters. The van der Waals surface area contributed by atoms with E-state index in [-0.39, 0.29) is 11.5 Å². The molecule has 1 aliphatic heterocycles. The van der Waals surface area contributed by atoms with Gasteiger partial charge in [-0.25, -0.2) is 0 Å². The average molecular weight is 272 g/mol. The molecule has 4 heteroatoms. The van der Waals surface area contributed by atoms with Crippen molar-refractivity contribution < 1.29 is 10.2 Å². The van der Waals surface area contributed by atoms with Crippen molar-refractivity contribution in [2.24, 2.45) is 0 Å². The highest BCUT2D eigenvalue weighted by molar-refractivity contribution is 9.10. The summed E-state index contributed by atoms with van der Waals surface area (Å²) in [6.45, 7) is 1.05. The van der Waals surface area contributed by atoms with Crippen LogP contribution in [0.15, 0.2) is 16.6 Å². The van der Waals surface area contributed by atoms with Gasteiger partial charge in [-0.2, -0.15) is 0 Å². The van der Waals surface area contributed by atoms with Crippen molar-refractivity contribution >= 4 is 15.9 Å². The summed E-state index contributed by atoms with van der Waals surface area (Å²) in [7, 11) is 0. The lowest BCUT2D eigenvalue weighted by Crippen LogP contribution is -2.23. The number of hydrogen-bond donors (Lipinski definition) is 3. The second-order valence-electron chi connectivity index (χ2n) is 3.90. The second-order valence-corrected chi connectivity index (χ2v) is 4.76. The molecule has 0 saturated carbocycles. The quantitative estimate of drug-likeness (QED) is 0.723. The predicted octanol–water partition coefficient (Wildman–Crippen LogP) is 2.15. The Morgan fingerprint density at radius 1 is 1.33 bits per heavy atom. The minimum absolute atomic E-state index is 0.00178. The van der Waals surface area contributed by atoms with Crippen molar-refractivity contribution in [3.8, 4) is 11.5 Å². The first-order chi connectivity index (χ1) is 7.18. The van der Waals surface area contributed by atoms with Crippen molar-refractivity contribution in [3.05, 3.63) is 22.2 Å². The Labute approximate surface area is 97.3 Å². The molecule has 0 aromatic heterocycles. The number of phenolic OH excluding ortho intramolecular Hbond substituents is 2. The second kappa shape index (κ2) is 4.41. The Hall–Kier alpha value is -0.740. The van der Waals surface area contributed by atoms with Crippen LogP contribution in [0.4, 0.5) is 0 Å². The Morgan fingerprint density at radius 2 is 2.13 bits per heavy atom. The van der Waals surface area contributed by atoms with Gasteiger partial charge in [0.1, 0.15) is 0 Å².